The van der Waals surface area contributed by atoms with E-state index in [2.05, 4.69) is 11.4 Å². The van der Waals surface area contributed by atoms with Gasteiger partial charge in [0.2, 0.25) is 0 Å². The first-order valence-corrected chi connectivity index (χ1v) is 6.24. The molecule has 3 rings (SSSR count). The maximum absolute atomic E-state index is 10.1. The van der Waals surface area contributed by atoms with Crippen molar-refractivity contribution in [1.82, 2.24) is 0 Å². The fraction of sp³-hybridized carbons (Fsp3) is 0.231. The molecular formula is C13H12O2S. The number of thiophene rings is 1. The Morgan fingerprint density at radius 1 is 1.25 bits per heavy atom. The van der Waals surface area contributed by atoms with Gasteiger partial charge < -0.3 is 9.84 Å². The van der Waals surface area contributed by atoms with Crippen LogP contribution in [0.25, 0.3) is 0 Å². The second kappa shape index (κ2) is 3.92. The second-order valence-corrected chi connectivity index (χ2v) is 4.73. The monoisotopic (exact) mass is 232 g/mol. The number of fused-ring (bicyclic) bond motifs is 1. The lowest BCUT2D eigenvalue weighted by atomic mass is 9.96. The van der Waals surface area contributed by atoms with Gasteiger partial charge in [-0.25, -0.2) is 0 Å². The van der Waals surface area contributed by atoms with Gasteiger partial charge in [0.05, 0.1) is 6.10 Å². The zero-order chi connectivity index (χ0) is 11.0. The van der Waals surface area contributed by atoms with Crippen LogP contribution in [-0.4, -0.2) is 5.11 Å². The summed E-state index contributed by atoms with van der Waals surface area (Å²) < 4.78 is 5.89. The van der Waals surface area contributed by atoms with Crippen molar-refractivity contribution in [2.75, 3.05) is 0 Å². The molecule has 2 heterocycles. The third kappa shape index (κ3) is 1.62. The van der Waals surface area contributed by atoms with Gasteiger partial charge in [-0.15, -0.1) is 0 Å². The third-order valence-electron chi connectivity index (χ3n) is 2.90. The van der Waals surface area contributed by atoms with Crippen LogP contribution in [0.3, 0.4) is 0 Å². The van der Waals surface area contributed by atoms with Crippen molar-refractivity contribution < 1.29 is 9.84 Å². The molecule has 1 N–H and O–H groups in total. The molecule has 16 heavy (non-hydrogen) atoms. The SMILES string of the molecule is OC1CC(c2ccsc2)Oc2ccccc21. The van der Waals surface area contributed by atoms with Crippen LogP contribution in [0.5, 0.6) is 5.75 Å². The van der Waals surface area contributed by atoms with Gasteiger partial charge in [-0.3, -0.25) is 0 Å². The van der Waals surface area contributed by atoms with Crippen molar-refractivity contribution in [3.8, 4) is 5.75 Å². The fourth-order valence-electron chi connectivity index (χ4n) is 2.06. The third-order valence-corrected chi connectivity index (χ3v) is 3.60. The average Bonchev–Trinajstić information content (AvgIpc) is 2.82. The highest BCUT2D eigenvalue weighted by atomic mass is 32.1. The Balaban J connectivity index is 1.95. The van der Waals surface area contributed by atoms with Crippen LogP contribution in [0.15, 0.2) is 41.1 Å². The Hall–Kier alpha value is -1.32. The van der Waals surface area contributed by atoms with Crippen molar-refractivity contribution in [2.45, 2.75) is 18.6 Å². The number of para-hydroxylation sites is 1. The van der Waals surface area contributed by atoms with E-state index in [-0.39, 0.29) is 6.10 Å². The summed E-state index contributed by atoms with van der Waals surface area (Å²) in [5.41, 5.74) is 2.05. The van der Waals surface area contributed by atoms with E-state index in [1.165, 1.54) is 0 Å². The smallest absolute Gasteiger partial charge is 0.127 e. The van der Waals surface area contributed by atoms with Crippen LogP contribution in [-0.2, 0) is 0 Å². The summed E-state index contributed by atoms with van der Waals surface area (Å²) in [7, 11) is 0. The van der Waals surface area contributed by atoms with E-state index in [1.807, 2.05) is 29.6 Å². The maximum Gasteiger partial charge on any atom is 0.127 e. The number of hydrogen-bond acceptors (Lipinski definition) is 3. The van der Waals surface area contributed by atoms with Crippen LogP contribution in [0.4, 0.5) is 0 Å². The van der Waals surface area contributed by atoms with E-state index in [0.29, 0.717) is 6.42 Å². The molecule has 2 aromatic rings. The Morgan fingerprint density at radius 2 is 2.12 bits per heavy atom. The Kier molecular flexibility index (Phi) is 2.42. The predicted molar refractivity (Wildman–Crippen MR) is 63.7 cm³/mol. The van der Waals surface area contributed by atoms with Crippen LogP contribution in [0.2, 0.25) is 0 Å². The molecule has 1 aliphatic rings. The predicted octanol–water partition coefficient (Wildman–Crippen LogP) is 3.31. The molecule has 0 aliphatic carbocycles. The molecule has 0 bridgehead atoms. The molecule has 1 aromatic heterocycles. The first kappa shape index (κ1) is 9.87. The van der Waals surface area contributed by atoms with Crippen LogP contribution in [0.1, 0.15) is 29.8 Å². The van der Waals surface area contributed by atoms with Gasteiger partial charge in [0, 0.05) is 17.5 Å². The van der Waals surface area contributed by atoms with Crippen molar-refractivity contribution >= 4 is 11.3 Å². The molecule has 2 atom stereocenters. The highest BCUT2D eigenvalue weighted by Gasteiger charge is 2.27. The van der Waals surface area contributed by atoms with Crippen molar-refractivity contribution in [3.05, 3.63) is 52.2 Å². The first-order chi connectivity index (χ1) is 7.84. The number of rotatable bonds is 1. The van der Waals surface area contributed by atoms with Gasteiger partial charge in [0.15, 0.2) is 0 Å². The number of benzene rings is 1. The molecule has 0 spiro atoms. The molecule has 2 unspecified atom stereocenters. The van der Waals surface area contributed by atoms with E-state index in [4.69, 9.17) is 4.74 Å². The molecule has 1 aliphatic heterocycles. The standard InChI is InChI=1S/C13H12O2S/c14-11-7-13(9-5-6-16-8-9)15-12-4-2-1-3-10(11)12/h1-6,8,11,13-14H,7H2. The highest BCUT2D eigenvalue weighted by molar-refractivity contribution is 7.07. The lowest BCUT2D eigenvalue weighted by Gasteiger charge is -2.29. The molecule has 1 aromatic carbocycles. The normalized spacial score (nSPS) is 23.6. The quantitative estimate of drug-likeness (QED) is 0.817. The Morgan fingerprint density at radius 3 is 2.94 bits per heavy atom. The van der Waals surface area contributed by atoms with Crippen molar-refractivity contribution in [3.63, 3.8) is 0 Å². The minimum Gasteiger partial charge on any atom is -0.485 e. The summed E-state index contributed by atoms with van der Waals surface area (Å²) in [5.74, 6) is 0.803. The average molecular weight is 232 g/mol. The minimum absolute atomic E-state index is 0.0175. The van der Waals surface area contributed by atoms with Gasteiger partial charge in [-0.05, 0) is 22.9 Å². The molecule has 82 valence electrons. The van der Waals surface area contributed by atoms with Gasteiger partial charge in [-0.2, -0.15) is 11.3 Å². The minimum atomic E-state index is -0.421. The number of aliphatic hydroxyl groups is 1. The van der Waals surface area contributed by atoms with Crippen molar-refractivity contribution in [1.29, 1.82) is 0 Å². The lowest BCUT2D eigenvalue weighted by molar-refractivity contribution is 0.0659. The molecule has 3 heteroatoms. The summed E-state index contributed by atoms with van der Waals surface area (Å²) in [6.07, 6.45) is 0.194. The molecular weight excluding hydrogens is 220 g/mol. The van der Waals surface area contributed by atoms with E-state index >= 15 is 0 Å². The molecule has 0 amide bonds. The number of aliphatic hydroxyl groups excluding tert-OH is 1. The zero-order valence-corrected chi connectivity index (χ0v) is 9.48. The summed E-state index contributed by atoms with van der Waals surface area (Å²) in [6.45, 7) is 0. The van der Waals surface area contributed by atoms with Gasteiger partial charge in [0.25, 0.3) is 0 Å². The summed E-state index contributed by atoms with van der Waals surface area (Å²) >= 11 is 1.65. The Bertz CT molecular complexity index is 478. The molecule has 0 saturated carbocycles. The van der Waals surface area contributed by atoms with Crippen LogP contribution in [0, 0.1) is 0 Å². The Labute approximate surface area is 98.1 Å². The largest absolute Gasteiger partial charge is 0.485 e. The topological polar surface area (TPSA) is 29.5 Å². The first-order valence-electron chi connectivity index (χ1n) is 5.30. The van der Waals surface area contributed by atoms with E-state index in [9.17, 15) is 5.11 Å². The molecule has 0 saturated heterocycles. The maximum atomic E-state index is 10.1. The van der Waals surface area contributed by atoms with Crippen LogP contribution < -0.4 is 4.74 Å². The number of hydrogen-bond donors (Lipinski definition) is 1. The summed E-state index contributed by atoms with van der Waals surface area (Å²) in [5, 5.41) is 14.2. The second-order valence-electron chi connectivity index (χ2n) is 3.95. The van der Waals surface area contributed by atoms with Crippen molar-refractivity contribution in [2.24, 2.45) is 0 Å². The highest BCUT2D eigenvalue weighted by Crippen LogP contribution is 2.40. The van der Waals surface area contributed by atoms with E-state index in [1.54, 1.807) is 11.3 Å². The lowest BCUT2D eigenvalue weighted by Crippen LogP contribution is -2.18. The number of ether oxygens (including phenoxy) is 1. The summed E-state index contributed by atoms with van der Waals surface area (Å²) in [4.78, 5) is 0. The molecule has 0 radical (unpaired) electrons. The summed E-state index contributed by atoms with van der Waals surface area (Å²) in [6, 6.07) is 9.74. The van der Waals surface area contributed by atoms with E-state index < -0.39 is 6.10 Å². The van der Waals surface area contributed by atoms with E-state index in [0.717, 1.165) is 16.9 Å². The fourth-order valence-corrected chi connectivity index (χ4v) is 2.76. The molecule has 2 nitrogen and oxygen atoms in total. The van der Waals surface area contributed by atoms with Gasteiger partial charge in [-0.1, -0.05) is 18.2 Å². The van der Waals surface area contributed by atoms with Crippen LogP contribution >= 0.6 is 11.3 Å². The van der Waals surface area contributed by atoms with Gasteiger partial charge in [0.1, 0.15) is 11.9 Å². The van der Waals surface area contributed by atoms with Gasteiger partial charge >= 0.3 is 0 Å². The zero-order valence-electron chi connectivity index (χ0n) is 8.67. The molecule has 0 fully saturated rings.